The Balaban J connectivity index is 4.45. The smallest absolute Gasteiger partial charge is 0.306 e. The third-order valence-corrected chi connectivity index (χ3v) is 10.7. The van der Waals surface area contributed by atoms with Crippen LogP contribution in [0.4, 0.5) is 0 Å². The van der Waals surface area contributed by atoms with Crippen molar-refractivity contribution in [3.05, 3.63) is 72.9 Å². The molecule has 0 aromatic rings. The second-order valence-corrected chi connectivity index (χ2v) is 16.7. The van der Waals surface area contributed by atoms with Gasteiger partial charge in [0.1, 0.15) is 13.2 Å². The minimum atomic E-state index is -0.809. The number of carbonyl (C=O) groups excluding carboxylic acids is 3. The van der Waals surface area contributed by atoms with E-state index in [1.807, 2.05) is 6.08 Å². The molecule has 0 saturated carbocycles. The van der Waals surface area contributed by atoms with Crippen LogP contribution in [0.25, 0.3) is 0 Å². The summed E-state index contributed by atoms with van der Waals surface area (Å²) in [6.45, 7) is 6.42. The summed E-state index contributed by atoms with van der Waals surface area (Å²) in [5, 5.41) is 0. The molecule has 0 radical (unpaired) electrons. The zero-order chi connectivity index (χ0) is 44.4. The Labute approximate surface area is 376 Å². The third kappa shape index (κ3) is 47.7. The molecule has 61 heavy (non-hydrogen) atoms. The van der Waals surface area contributed by atoms with Gasteiger partial charge in [-0.1, -0.05) is 209 Å². The average Bonchev–Trinajstić information content (AvgIpc) is 3.26. The van der Waals surface area contributed by atoms with Gasteiger partial charge in [0.2, 0.25) is 0 Å². The fraction of sp³-hybridized carbons (Fsp3) is 0.727. The lowest BCUT2D eigenvalue weighted by molar-refractivity contribution is -0.166. The summed E-state index contributed by atoms with van der Waals surface area (Å²) in [4.78, 5) is 37.9. The second-order valence-electron chi connectivity index (χ2n) is 16.7. The zero-order valence-electron chi connectivity index (χ0n) is 39.9. The van der Waals surface area contributed by atoms with Gasteiger partial charge in [-0.15, -0.1) is 0 Å². The molecule has 0 aromatic heterocycles. The van der Waals surface area contributed by atoms with E-state index >= 15 is 0 Å². The van der Waals surface area contributed by atoms with Crippen LogP contribution in [0.15, 0.2) is 72.9 Å². The van der Waals surface area contributed by atoms with E-state index in [9.17, 15) is 14.4 Å². The molecule has 0 aliphatic carbocycles. The van der Waals surface area contributed by atoms with E-state index < -0.39 is 6.10 Å². The number of esters is 3. The van der Waals surface area contributed by atoms with Crippen LogP contribution in [0.3, 0.4) is 0 Å². The quantitative estimate of drug-likeness (QED) is 0.0200. The number of carbonyl (C=O) groups is 3. The lowest BCUT2D eigenvalue weighted by Gasteiger charge is -2.18. The van der Waals surface area contributed by atoms with E-state index in [4.69, 9.17) is 14.2 Å². The molecule has 0 saturated heterocycles. The topological polar surface area (TPSA) is 78.9 Å². The molecule has 1 unspecified atom stereocenters. The van der Waals surface area contributed by atoms with Gasteiger partial charge >= 0.3 is 17.9 Å². The number of allylic oxidation sites excluding steroid dienone is 12. The van der Waals surface area contributed by atoms with Crippen molar-refractivity contribution in [3.63, 3.8) is 0 Å². The first-order chi connectivity index (χ1) is 30.0. The molecule has 350 valence electrons. The van der Waals surface area contributed by atoms with Gasteiger partial charge in [-0.2, -0.15) is 0 Å². The van der Waals surface area contributed by atoms with Crippen LogP contribution in [0, 0.1) is 0 Å². The molecule has 0 bridgehead atoms. The van der Waals surface area contributed by atoms with Crippen LogP contribution < -0.4 is 0 Å². The van der Waals surface area contributed by atoms with Crippen molar-refractivity contribution in [2.24, 2.45) is 0 Å². The predicted octanol–water partition coefficient (Wildman–Crippen LogP) is 16.6. The highest BCUT2D eigenvalue weighted by molar-refractivity contribution is 5.71. The van der Waals surface area contributed by atoms with Gasteiger partial charge < -0.3 is 14.2 Å². The maximum atomic E-state index is 12.8. The van der Waals surface area contributed by atoms with Crippen LogP contribution in [-0.4, -0.2) is 37.2 Å². The highest BCUT2D eigenvalue weighted by Gasteiger charge is 2.19. The molecule has 0 rings (SSSR count). The highest BCUT2D eigenvalue weighted by atomic mass is 16.6. The van der Waals surface area contributed by atoms with Gasteiger partial charge in [-0.3, -0.25) is 14.4 Å². The van der Waals surface area contributed by atoms with Crippen molar-refractivity contribution in [1.82, 2.24) is 0 Å². The number of ether oxygens (including phenoxy) is 3. The SMILES string of the molecule is CC\C=C/C=C\C=C/CCCCCCCC(=O)OC(COC(=O)CC/C=C\C/C=C\CCCCCCCC)COC(=O)CCCCCCCCC/C=C\CCCCCCCC. The number of hydrogen-bond acceptors (Lipinski definition) is 6. The van der Waals surface area contributed by atoms with Crippen molar-refractivity contribution in [2.45, 2.75) is 245 Å². The number of unbranched alkanes of at least 4 members (excludes halogenated alkanes) is 24. The van der Waals surface area contributed by atoms with Gasteiger partial charge in [0.15, 0.2) is 6.10 Å². The van der Waals surface area contributed by atoms with Crippen LogP contribution in [-0.2, 0) is 28.6 Å². The fourth-order valence-corrected chi connectivity index (χ4v) is 6.90. The van der Waals surface area contributed by atoms with Crippen LogP contribution in [0.2, 0.25) is 0 Å². The first-order valence-electron chi connectivity index (χ1n) is 25.5. The monoisotopic (exact) mass is 851 g/mol. The molecule has 0 amide bonds. The van der Waals surface area contributed by atoms with E-state index in [0.29, 0.717) is 19.3 Å². The molecule has 0 aromatic carbocycles. The maximum Gasteiger partial charge on any atom is 0.306 e. The van der Waals surface area contributed by atoms with Crippen LogP contribution >= 0.6 is 0 Å². The first-order valence-corrected chi connectivity index (χ1v) is 25.5. The van der Waals surface area contributed by atoms with Gasteiger partial charge in [0, 0.05) is 19.3 Å². The van der Waals surface area contributed by atoms with Crippen molar-refractivity contribution < 1.29 is 28.6 Å². The molecule has 0 aliphatic rings. The van der Waals surface area contributed by atoms with Gasteiger partial charge in [-0.25, -0.2) is 0 Å². The summed E-state index contributed by atoms with van der Waals surface area (Å²) >= 11 is 0. The van der Waals surface area contributed by atoms with Gasteiger partial charge in [0.05, 0.1) is 0 Å². The van der Waals surface area contributed by atoms with E-state index in [-0.39, 0.29) is 37.5 Å². The average molecular weight is 851 g/mol. The largest absolute Gasteiger partial charge is 0.462 e. The van der Waals surface area contributed by atoms with E-state index in [1.165, 1.54) is 116 Å². The Morgan fingerprint density at radius 2 is 0.738 bits per heavy atom. The minimum Gasteiger partial charge on any atom is -0.462 e. The predicted molar refractivity (Wildman–Crippen MR) is 261 cm³/mol. The van der Waals surface area contributed by atoms with Crippen molar-refractivity contribution >= 4 is 17.9 Å². The van der Waals surface area contributed by atoms with E-state index in [1.54, 1.807) is 0 Å². The maximum absolute atomic E-state index is 12.8. The molecule has 0 N–H and O–H groups in total. The minimum absolute atomic E-state index is 0.103. The van der Waals surface area contributed by atoms with Gasteiger partial charge in [-0.05, 0) is 83.5 Å². The standard InChI is InChI=1S/C55H94O6/c1-4-7-10-13-16-19-22-25-26-27-28-31-33-36-39-42-45-48-54(57)60-51-52(61-55(58)49-46-43-40-37-34-30-24-21-18-15-12-9-6-3)50-59-53(56)47-44-41-38-35-32-29-23-20-17-14-11-8-5-2/h9,12,15,18,21,24-26,29,32,38,41,52H,4-8,10-11,13-14,16-17,19-20,22-23,27-28,30-31,33-37,39-40,42-51H2,1-3H3/b12-9-,18-15-,24-21-,26-25-,32-29-,41-38-. The Bertz CT molecular complexity index is 1160. The molecular formula is C55H94O6. The molecule has 6 nitrogen and oxygen atoms in total. The molecule has 0 spiro atoms. The molecular weight excluding hydrogens is 757 g/mol. The van der Waals surface area contributed by atoms with Gasteiger partial charge in [0.25, 0.3) is 0 Å². The van der Waals surface area contributed by atoms with Crippen molar-refractivity contribution in [2.75, 3.05) is 13.2 Å². The summed E-state index contributed by atoms with van der Waals surface area (Å²) in [6, 6.07) is 0. The summed E-state index contributed by atoms with van der Waals surface area (Å²) in [5.41, 5.74) is 0. The Morgan fingerprint density at radius 1 is 0.361 bits per heavy atom. The third-order valence-electron chi connectivity index (χ3n) is 10.7. The summed E-state index contributed by atoms with van der Waals surface area (Å²) in [5.74, 6) is -0.999. The lowest BCUT2D eigenvalue weighted by atomic mass is 10.1. The summed E-state index contributed by atoms with van der Waals surface area (Å²) in [6.07, 6.45) is 61.8. The van der Waals surface area contributed by atoms with E-state index in [2.05, 4.69) is 87.6 Å². The Morgan fingerprint density at radius 3 is 1.23 bits per heavy atom. The molecule has 0 aliphatic heterocycles. The van der Waals surface area contributed by atoms with Crippen LogP contribution in [0.1, 0.15) is 239 Å². The van der Waals surface area contributed by atoms with E-state index in [0.717, 1.165) is 77.0 Å². The first kappa shape index (κ1) is 57.9. The summed E-state index contributed by atoms with van der Waals surface area (Å²) < 4.78 is 16.7. The summed E-state index contributed by atoms with van der Waals surface area (Å²) in [7, 11) is 0. The highest BCUT2D eigenvalue weighted by Crippen LogP contribution is 2.14. The molecule has 1 atom stereocenters. The van der Waals surface area contributed by atoms with Crippen molar-refractivity contribution in [3.8, 4) is 0 Å². The Hall–Kier alpha value is -3.15. The zero-order valence-corrected chi connectivity index (χ0v) is 39.9. The normalized spacial score (nSPS) is 12.6. The second kappa shape index (κ2) is 49.5. The van der Waals surface area contributed by atoms with Crippen LogP contribution in [0.5, 0.6) is 0 Å². The lowest BCUT2D eigenvalue weighted by Crippen LogP contribution is -2.30. The fourth-order valence-electron chi connectivity index (χ4n) is 6.90. The van der Waals surface area contributed by atoms with Crippen molar-refractivity contribution in [1.29, 1.82) is 0 Å². The molecule has 0 fully saturated rings. The molecule has 6 heteroatoms. The molecule has 0 heterocycles. The number of rotatable bonds is 45. The Kier molecular flexibility index (Phi) is 46.9. The number of hydrogen-bond donors (Lipinski definition) is 0.